The minimum Gasteiger partial charge on any atom is -0.335 e. The van der Waals surface area contributed by atoms with Crippen molar-refractivity contribution >= 4 is 11.5 Å². The van der Waals surface area contributed by atoms with Crippen LogP contribution in [0.1, 0.15) is 30.7 Å². The van der Waals surface area contributed by atoms with Crippen LogP contribution < -0.4 is 5.32 Å². The molecule has 20 heavy (non-hydrogen) atoms. The maximum absolute atomic E-state index is 13.6. The third-order valence-corrected chi connectivity index (χ3v) is 3.08. The summed E-state index contributed by atoms with van der Waals surface area (Å²) in [6.45, 7) is 3.93. The Labute approximate surface area is 117 Å². The number of nitrogens with zero attached hydrogens (tertiary/aromatic N) is 3. The van der Waals surface area contributed by atoms with Gasteiger partial charge < -0.3 is 5.32 Å². The maximum Gasteiger partial charge on any atom is 0.171 e. The summed E-state index contributed by atoms with van der Waals surface area (Å²) in [6, 6.07) is 8.41. The lowest BCUT2D eigenvalue weighted by atomic mass is 10.0. The van der Waals surface area contributed by atoms with Crippen molar-refractivity contribution in [2.75, 3.05) is 5.32 Å². The van der Waals surface area contributed by atoms with E-state index < -0.39 is 5.82 Å². The highest BCUT2D eigenvalue weighted by Gasteiger charge is 2.15. The molecule has 2 rings (SSSR count). The van der Waals surface area contributed by atoms with Gasteiger partial charge in [0.2, 0.25) is 0 Å². The van der Waals surface area contributed by atoms with Crippen LogP contribution in [0.5, 0.6) is 0 Å². The average molecular weight is 270 g/mol. The van der Waals surface area contributed by atoms with E-state index in [1.54, 1.807) is 18.2 Å². The van der Waals surface area contributed by atoms with E-state index in [1.165, 1.54) is 6.07 Å². The van der Waals surface area contributed by atoms with Gasteiger partial charge in [-0.3, -0.25) is 0 Å². The van der Waals surface area contributed by atoms with Crippen LogP contribution >= 0.6 is 0 Å². The van der Waals surface area contributed by atoms with E-state index in [4.69, 9.17) is 0 Å². The van der Waals surface area contributed by atoms with Gasteiger partial charge in [-0.1, -0.05) is 26.0 Å². The van der Waals surface area contributed by atoms with Crippen molar-refractivity contribution in [1.82, 2.24) is 10.2 Å². The minimum absolute atomic E-state index is 0.282. The average Bonchev–Trinajstić information content (AvgIpc) is 2.48. The molecule has 0 fully saturated rings. The van der Waals surface area contributed by atoms with Crippen LogP contribution in [0.15, 0.2) is 24.3 Å². The molecule has 0 bridgehead atoms. The molecule has 102 valence electrons. The molecule has 0 aliphatic rings. The number of aromatic nitrogens is 2. The highest BCUT2D eigenvalue weighted by atomic mass is 19.1. The van der Waals surface area contributed by atoms with Crippen molar-refractivity contribution in [3.63, 3.8) is 0 Å². The molecule has 0 atom stereocenters. The van der Waals surface area contributed by atoms with Crippen LogP contribution in [-0.2, 0) is 12.8 Å². The number of hydrogen-bond donors (Lipinski definition) is 1. The van der Waals surface area contributed by atoms with Crippen LogP contribution in [-0.4, -0.2) is 10.2 Å². The summed E-state index contributed by atoms with van der Waals surface area (Å²) in [6.07, 6.45) is 1.40. The zero-order chi connectivity index (χ0) is 14.5. The molecule has 1 heterocycles. The van der Waals surface area contributed by atoms with Crippen molar-refractivity contribution < 1.29 is 4.39 Å². The fourth-order valence-corrected chi connectivity index (χ4v) is 2.07. The number of anilines is 2. The largest absolute Gasteiger partial charge is 0.335 e. The van der Waals surface area contributed by atoms with Crippen molar-refractivity contribution in [3.8, 4) is 6.07 Å². The Hall–Kier alpha value is -2.48. The summed E-state index contributed by atoms with van der Waals surface area (Å²) in [5.41, 5.74) is 2.39. The standard InChI is InChI=1S/C15H15FN4/c1-3-10-11(9-17)15(20-19-13(10)4-2)18-14-8-6-5-7-12(14)16/h5-8H,3-4H2,1-2H3,(H,18,20). The number of benzene rings is 1. The number of aryl methyl sites for hydroxylation is 1. The Bertz CT molecular complexity index is 661. The fraction of sp³-hybridized carbons (Fsp3) is 0.267. The normalized spacial score (nSPS) is 10.1. The van der Waals surface area contributed by atoms with Gasteiger partial charge in [-0.05, 0) is 30.5 Å². The lowest BCUT2D eigenvalue weighted by Crippen LogP contribution is -2.07. The molecule has 0 saturated carbocycles. The Kier molecular flexibility index (Phi) is 4.26. The van der Waals surface area contributed by atoms with E-state index in [0.29, 0.717) is 24.2 Å². The molecule has 0 spiro atoms. The molecule has 1 aromatic heterocycles. The van der Waals surface area contributed by atoms with Crippen LogP contribution in [0.4, 0.5) is 15.9 Å². The van der Waals surface area contributed by atoms with Crippen molar-refractivity contribution in [1.29, 1.82) is 5.26 Å². The molecule has 0 saturated heterocycles. The van der Waals surface area contributed by atoms with E-state index in [1.807, 2.05) is 13.8 Å². The Morgan fingerprint density at radius 3 is 2.55 bits per heavy atom. The van der Waals surface area contributed by atoms with E-state index in [2.05, 4.69) is 21.6 Å². The van der Waals surface area contributed by atoms with E-state index in [-0.39, 0.29) is 5.69 Å². The second-order valence-electron chi connectivity index (χ2n) is 4.27. The van der Waals surface area contributed by atoms with E-state index in [9.17, 15) is 9.65 Å². The number of halogens is 1. The number of nitriles is 1. The number of rotatable bonds is 4. The first-order valence-corrected chi connectivity index (χ1v) is 6.51. The maximum atomic E-state index is 13.6. The van der Waals surface area contributed by atoms with Gasteiger partial charge in [0.25, 0.3) is 0 Å². The lowest BCUT2D eigenvalue weighted by molar-refractivity contribution is 0.631. The molecule has 0 aliphatic carbocycles. The molecule has 1 aromatic carbocycles. The molecule has 0 amide bonds. The summed E-state index contributed by atoms with van der Waals surface area (Å²) in [7, 11) is 0. The topological polar surface area (TPSA) is 61.6 Å². The SMILES string of the molecule is CCc1nnc(Nc2ccccc2F)c(C#N)c1CC. The van der Waals surface area contributed by atoms with Crippen LogP contribution in [0.2, 0.25) is 0 Å². The first-order chi connectivity index (χ1) is 9.71. The summed E-state index contributed by atoms with van der Waals surface area (Å²) in [5, 5.41) is 20.3. The molecule has 1 N–H and O–H groups in total. The second kappa shape index (κ2) is 6.11. The van der Waals surface area contributed by atoms with Crippen LogP contribution in [0.25, 0.3) is 0 Å². The summed E-state index contributed by atoms with van der Waals surface area (Å²) in [5.74, 6) is -0.0949. The summed E-state index contributed by atoms with van der Waals surface area (Å²) < 4.78 is 13.6. The smallest absolute Gasteiger partial charge is 0.171 e. The zero-order valence-corrected chi connectivity index (χ0v) is 11.4. The lowest BCUT2D eigenvalue weighted by Gasteiger charge is -2.12. The second-order valence-corrected chi connectivity index (χ2v) is 4.27. The molecule has 0 aliphatic heterocycles. The highest BCUT2D eigenvalue weighted by Crippen LogP contribution is 2.24. The summed E-state index contributed by atoms with van der Waals surface area (Å²) in [4.78, 5) is 0. The monoisotopic (exact) mass is 270 g/mol. The first kappa shape index (κ1) is 13.9. The van der Waals surface area contributed by atoms with Gasteiger partial charge in [0.1, 0.15) is 17.4 Å². The first-order valence-electron chi connectivity index (χ1n) is 6.51. The molecule has 2 aromatic rings. The number of nitrogens with one attached hydrogen (secondary N) is 1. The predicted molar refractivity (Wildman–Crippen MR) is 75.2 cm³/mol. The zero-order valence-electron chi connectivity index (χ0n) is 11.4. The summed E-state index contributed by atoms with van der Waals surface area (Å²) >= 11 is 0. The van der Waals surface area contributed by atoms with Gasteiger partial charge in [-0.15, -0.1) is 5.10 Å². The third kappa shape index (κ3) is 2.59. The van der Waals surface area contributed by atoms with Gasteiger partial charge in [0.05, 0.1) is 11.4 Å². The van der Waals surface area contributed by atoms with Gasteiger partial charge in [0.15, 0.2) is 5.82 Å². The van der Waals surface area contributed by atoms with E-state index >= 15 is 0 Å². The van der Waals surface area contributed by atoms with Crippen molar-refractivity contribution in [2.45, 2.75) is 26.7 Å². The predicted octanol–water partition coefficient (Wildman–Crippen LogP) is 3.36. The van der Waals surface area contributed by atoms with Gasteiger partial charge in [-0.2, -0.15) is 10.4 Å². The Morgan fingerprint density at radius 2 is 1.95 bits per heavy atom. The van der Waals surface area contributed by atoms with Gasteiger partial charge in [0, 0.05) is 0 Å². The van der Waals surface area contributed by atoms with Crippen molar-refractivity contribution in [3.05, 3.63) is 46.9 Å². The molecule has 0 unspecified atom stereocenters. The molecular weight excluding hydrogens is 255 g/mol. The Balaban J connectivity index is 2.48. The quantitative estimate of drug-likeness (QED) is 0.925. The number of para-hydroxylation sites is 1. The van der Waals surface area contributed by atoms with Crippen LogP contribution in [0, 0.1) is 17.1 Å². The fourth-order valence-electron chi connectivity index (χ4n) is 2.07. The Morgan fingerprint density at radius 1 is 1.20 bits per heavy atom. The molecule has 5 heteroatoms. The molecule has 4 nitrogen and oxygen atoms in total. The van der Waals surface area contributed by atoms with Gasteiger partial charge in [-0.25, -0.2) is 4.39 Å². The van der Waals surface area contributed by atoms with Gasteiger partial charge >= 0.3 is 0 Å². The van der Waals surface area contributed by atoms with Crippen molar-refractivity contribution in [2.24, 2.45) is 0 Å². The van der Waals surface area contributed by atoms with Crippen LogP contribution in [0.3, 0.4) is 0 Å². The minimum atomic E-state index is -0.393. The molecule has 0 radical (unpaired) electrons. The molecular formula is C15H15FN4. The van der Waals surface area contributed by atoms with E-state index in [0.717, 1.165) is 11.3 Å². The number of hydrogen-bond acceptors (Lipinski definition) is 4. The highest BCUT2D eigenvalue weighted by molar-refractivity contribution is 5.65. The third-order valence-electron chi connectivity index (χ3n) is 3.08.